The van der Waals surface area contributed by atoms with Gasteiger partial charge in [0.1, 0.15) is 5.76 Å². The lowest BCUT2D eigenvalue weighted by atomic mass is 10.1. The Morgan fingerprint density at radius 1 is 1.21 bits per heavy atom. The van der Waals surface area contributed by atoms with Crippen molar-refractivity contribution in [3.8, 4) is 11.1 Å². The first-order valence-corrected chi connectivity index (χ1v) is 9.66. The van der Waals surface area contributed by atoms with Gasteiger partial charge in [0.2, 0.25) is 0 Å². The topological polar surface area (TPSA) is 85.4 Å². The molecule has 4 rings (SSSR count). The molecule has 0 aliphatic carbocycles. The van der Waals surface area contributed by atoms with Crippen molar-refractivity contribution in [2.45, 2.75) is 33.3 Å². The third-order valence-electron chi connectivity index (χ3n) is 4.98. The number of nitrogens with zero attached hydrogens (tertiary/aromatic N) is 3. The van der Waals surface area contributed by atoms with Gasteiger partial charge in [-0.2, -0.15) is 0 Å². The summed E-state index contributed by atoms with van der Waals surface area (Å²) in [6.07, 6.45) is 1.31. The second-order valence-corrected chi connectivity index (χ2v) is 7.39. The van der Waals surface area contributed by atoms with Gasteiger partial charge in [-0.3, -0.25) is 9.89 Å². The fourth-order valence-electron chi connectivity index (χ4n) is 3.54. The van der Waals surface area contributed by atoms with Crippen LogP contribution in [0.15, 0.2) is 39.6 Å². The number of fused-ring (bicyclic) bond motifs is 1. The molecule has 3 heterocycles. The molecule has 0 spiro atoms. The first-order chi connectivity index (χ1) is 14.0. The van der Waals surface area contributed by atoms with Crippen LogP contribution in [0.1, 0.15) is 28.4 Å². The second-order valence-electron chi connectivity index (χ2n) is 6.95. The summed E-state index contributed by atoms with van der Waals surface area (Å²) in [5.74, 6) is 0.797. The highest BCUT2D eigenvalue weighted by Gasteiger charge is 2.18. The van der Waals surface area contributed by atoms with Crippen LogP contribution in [0.25, 0.3) is 16.8 Å². The van der Waals surface area contributed by atoms with Gasteiger partial charge in [-0.1, -0.05) is 28.9 Å². The summed E-state index contributed by atoms with van der Waals surface area (Å²) in [6.45, 7) is 4.14. The van der Waals surface area contributed by atoms with Gasteiger partial charge in [0.05, 0.1) is 18.0 Å². The highest BCUT2D eigenvalue weighted by molar-refractivity contribution is 6.30. The lowest BCUT2D eigenvalue weighted by Gasteiger charge is -2.05. The van der Waals surface area contributed by atoms with Gasteiger partial charge in [-0.05, 0) is 44.4 Å². The number of halogens is 1. The van der Waals surface area contributed by atoms with E-state index >= 15 is 0 Å². The lowest BCUT2D eigenvalue weighted by molar-refractivity contribution is 0.181. The molecular weight excluding hydrogens is 392 g/mol. The van der Waals surface area contributed by atoms with Crippen molar-refractivity contribution in [1.82, 2.24) is 19.8 Å². The Labute approximate surface area is 172 Å². The molecule has 0 amide bonds. The van der Waals surface area contributed by atoms with Gasteiger partial charge in [0.25, 0.3) is 5.56 Å². The number of benzene rings is 1. The van der Waals surface area contributed by atoms with Crippen LogP contribution in [0.3, 0.4) is 0 Å². The van der Waals surface area contributed by atoms with E-state index < -0.39 is 0 Å². The van der Waals surface area contributed by atoms with Crippen molar-refractivity contribution in [3.63, 3.8) is 0 Å². The predicted molar refractivity (Wildman–Crippen MR) is 110 cm³/mol. The van der Waals surface area contributed by atoms with E-state index in [2.05, 4.69) is 10.3 Å². The number of rotatable bonds is 6. The summed E-state index contributed by atoms with van der Waals surface area (Å²) >= 11 is 6.04. The third kappa shape index (κ3) is 3.71. The minimum atomic E-state index is -0.165. The monoisotopic (exact) mass is 412 g/mol. The minimum Gasteiger partial charge on any atom is -0.378 e. The van der Waals surface area contributed by atoms with Gasteiger partial charge in [-0.15, -0.1) is 0 Å². The normalized spacial score (nSPS) is 11.4. The van der Waals surface area contributed by atoms with E-state index in [4.69, 9.17) is 25.8 Å². The molecule has 1 N–H and O–H groups in total. The van der Waals surface area contributed by atoms with Gasteiger partial charge in [-0.25, -0.2) is 9.50 Å². The molecule has 8 heteroatoms. The molecule has 3 aromatic heterocycles. The minimum absolute atomic E-state index is 0.165. The molecule has 0 aliphatic heterocycles. The summed E-state index contributed by atoms with van der Waals surface area (Å²) < 4.78 is 12.0. The molecule has 0 fully saturated rings. The van der Waals surface area contributed by atoms with Crippen molar-refractivity contribution in [2.75, 3.05) is 7.11 Å². The Kier molecular flexibility index (Phi) is 5.25. The fourth-order valence-corrected chi connectivity index (χ4v) is 3.67. The van der Waals surface area contributed by atoms with Crippen LogP contribution in [-0.4, -0.2) is 26.9 Å². The van der Waals surface area contributed by atoms with Crippen LogP contribution in [-0.2, 0) is 24.2 Å². The Hall–Kier alpha value is -2.90. The quantitative estimate of drug-likeness (QED) is 0.519. The maximum atomic E-state index is 12.7. The average molecular weight is 413 g/mol. The Morgan fingerprint density at radius 2 is 1.97 bits per heavy atom. The van der Waals surface area contributed by atoms with Crippen LogP contribution >= 0.6 is 11.6 Å². The van der Waals surface area contributed by atoms with Crippen molar-refractivity contribution in [1.29, 1.82) is 0 Å². The average Bonchev–Trinajstić information content (AvgIpc) is 3.21. The third-order valence-corrected chi connectivity index (χ3v) is 5.23. The van der Waals surface area contributed by atoms with E-state index in [0.29, 0.717) is 35.8 Å². The zero-order valence-electron chi connectivity index (χ0n) is 16.5. The number of nitrogens with one attached hydrogen (secondary N) is 1. The number of hydrogen-bond acceptors (Lipinski definition) is 5. The number of hydrogen-bond donors (Lipinski definition) is 1. The first-order valence-electron chi connectivity index (χ1n) is 9.28. The van der Waals surface area contributed by atoms with E-state index in [0.717, 1.165) is 33.8 Å². The molecule has 150 valence electrons. The van der Waals surface area contributed by atoms with Crippen LogP contribution in [0.5, 0.6) is 0 Å². The molecule has 0 saturated heterocycles. The van der Waals surface area contributed by atoms with Gasteiger partial charge < -0.3 is 9.26 Å². The zero-order chi connectivity index (χ0) is 20.5. The van der Waals surface area contributed by atoms with Gasteiger partial charge in [0, 0.05) is 35.0 Å². The maximum absolute atomic E-state index is 12.7. The van der Waals surface area contributed by atoms with Crippen LogP contribution in [0.4, 0.5) is 0 Å². The van der Waals surface area contributed by atoms with E-state index in [1.54, 1.807) is 13.2 Å². The van der Waals surface area contributed by atoms with Crippen LogP contribution in [0.2, 0.25) is 5.02 Å². The molecule has 1 aromatic carbocycles. The first kappa shape index (κ1) is 19.4. The molecule has 0 unspecified atom stereocenters. The predicted octanol–water partition coefficient (Wildman–Crippen LogP) is 3.88. The smallest absolute Gasteiger partial charge is 0.272 e. The number of aromatic nitrogens is 4. The number of H-pyrrole nitrogens is 1. The molecular formula is C21H21ClN4O3. The number of ether oxygens (including phenoxy) is 1. The summed E-state index contributed by atoms with van der Waals surface area (Å²) in [6, 6.07) is 9.01. The lowest BCUT2D eigenvalue weighted by Crippen LogP contribution is -2.16. The summed E-state index contributed by atoms with van der Waals surface area (Å²) in [5.41, 5.74) is 5.57. The number of aryl methyl sites for hydroxylation is 3. The van der Waals surface area contributed by atoms with Crippen molar-refractivity contribution in [3.05, 3.63) is 74.1 Å². The van der Waals surface area contributed by atoms with Crippen LogP contribution < -0.4 is 5.56 Å². The second kappa shape index (κ2) is 7.85. The van der Waals surface area contributed by atoms with E-state index in [9.17, 15) is 4.79 Å². The number of methoxy groups -OCH3 is 1. The van der Waals surface area contributed by atoms with Gasteiger partial charge in [0.15, 0.2) is 5.65 Å². The standard InChI is InChI=1S/C21H21ClN4O3/c1-12-17(13(2)29-25-12)9-8-16-10-19(27)26-21(23-16)20(18(24-26)11-28-3)14-4-6-15(22)7-5-14/h4-7,10,24H,8-9,11H2,1-3H3. The molecule has 7 nitrogen and oxygen atoms in total. The van der Waals surface area contributed by atoms with E-state index in [1.807, 2.05) is 38.1 Å². The molecule has 29 heavy (non-hydrogen) atoms. The molecule has 0 aliphatic rings. The molecule has 4 aromatic rings. The fraction of sp³-hybridized carbons (Fsp3) is 0.286. The largest absolute Gasteiger partial charge is 0.378 e. The van der Waals surface area contributed by atoms with Gasteiger partial charge >= 0.3 is 0 Å². The highest BCUT2D eigenvalue weighted by atomic mass is 35.5. The van der Waals surface area contributed by atoms with Crippen molar-refractivity contribution < 1.29 is 9.26 Å². The van der Waals surface area contributed by atoms with E-state index in [-0.39, 0.29) is 5.56 Å². The zero-order valence-corrected chi connectivity index (χ0v) is 17.2. The summed E-state index contributed by atoms with van der Waals surface area (Å²) in [5, 5.41) is 7.76. The van der Waals surface area contributed by atoms with Crippen molar-refractivity contribution in [2.24, 2.45) is 0 Å². The van der Waals surface area contributed by atoms with Crippen LogP contribution in [0, 0.1) is 13.8 Å². The number of aromatic amines is 1. The maximum Gasteiger partial charge on any atom is 0.272 e. The molecule has 0 saturated carbocycles. The Bertz CT molecular complexity index is 1200. The summed E-state index contributed by atoms with van der Waals surface area (Å²) in [4.78, 5) is 17.5. The highest BCUT2D eigenvalue weighted by Crippen LogP contribution is 2.29. The molecule has 0 radical (unpaired) electrons. The van der Waals surface area contributed by atoms with E-state index in [1.165, 1.54) is 4.52 Å². The molecule has 0 atom stereocenters. The SMILES string of the molecule is COCc1[nH]n2c(=O)cc(CCc3c(C)noc3C)nc2c1-c1ccc(Cl)cc1. The Balaban J connectivity index is 1.80. The van der Waals surface area contributed by atoms with Crippen molar-refractivity contribution >= 4 is 17.2 Å². The molecule has 0 bridgehead atoms. The Morgan fingerprint density at radius 3 is 2.62 bits per heavy atom. The summed E-state index contributed by atoms with van der Waals surface area (Å²) in [7, 11) is 1.61.